The summed E-state index contributed by atoms with van der Waals surface area (Å²) in [4.78, 5) is 16.1. The van der Waals surface area contributed by atoms with Gasteiger partial charge in [0.2, 0.25) is 0 Å². The van der Waals surface area contributed by atoms with Gasteiger partial charge in [-0.25, -0.2) is 0 Å². The molecule has 21 heavy (non-hydrogen) atoms. The second-order valence-corrected chi connectivity index (χ2v) is 6.28. The third-order valence-electron chi connectivity index (χ3n) is 2.71. The fraction of sp³-hybridized carbons (Fsp3) is 0.200. The largest absolute Gasteiger partial charge is 0.482 e. The van der Waals surface area contributed by atoms with Crippen LogP contribution >= 0.6 is 31.9 Å². The van der Waals surface area contributed by atoms with Crippen molar-refractivity contribution in [1.82, 2.24) is 4.98 Å². The van der Waals surface area contributed by atoms with E-state index in [0.29, 0.717) is 11.4 Å². The number of carbonyl (C=O) groups is 1. The van der Waals surface area contributed by atoms with E-state index in [0.717, 1.165) is 20.2 Å². The molecule has 1 heterocycles. The molecule has 0 radical (unpaired) electrons. The lowest BCUT2D eigenvalue weighted by atomic mass is 10.2. The third-order valence-corrected chi connectivity index (χ3v) is 3.96. The molecule has 6 heteroatoms. The number of benzene rings is 1. The van der Waals surface area contributed by atoms with Gasteiger partial charge in [0.15, 0.2) is 6.61 Å². The highest BCUT2D eigenvalue weighted by Crippen LogP contribution is 2.32. The summed E-state index contributed by atoms with van der Waals surface area (Å²) in [5.74, 6) is 0.332. The number of anilines is 1. The molecule has 4 nitrogen and oxygen atoms in total. The van der Waals surface area contributed by atoms with Crippen LogP contribution in [-0.2, 0) is 4.79 Å². The van der Waals surface area contributed by atoms with Gasteiger partial charge < -0.3 is 10.1 Å². The van der Waals surface area contributed by atoms with Crippen LogP contribution in [0.2, 0.25) is 0 Å². The number of amides is 1. The molecule has 0 aliphatic carbocycles. The summed E-state index contributed by atoms with van der Waals surface area (Å²) in [6.07, 6.45) is 1.60. The van der Waals surface area contributed by atoms with Crippen molar-refractivity contribution < 1.29 is 9.53 Å². The van der Waals surface area contributed by atoms with Crippen molar-refractivity contribution in [1.29, 1.82) is 0 Å². The van der Waals surface area contributed by atoms with Gasteiger partial charge >= 0.3 is 0 Å². The molecule has 0 spiro atoms. The molecule has 2 rings (SSSR count). The minimum absolute atomic E-state index is 0.0719. The van der Waals surface area contributed by atoms with Crippen LogP contribution in [0.4, 0.5) is 5.69 Å². The molecule has 0 atom stereocenters. The topological polar surface area (TPSA) is 51.2 Å². The smallest absolute Gasteiger partial charge is 0.262 e. The molecular formula is C15H14Br2N2O2. The van der Waals surface area contributed by atoms with E-state index in [4.69, 9.17) is 4.74 Å². The van der Waals surface area contributed by atoms with Crippen molar-refractivity contribution in [2.24, 2.45) is 0 Å². The van der Waals surface area contributed by atoms with Crippen LogP contribution in [0.1, 0.15) is 11.3 Å². The summed E-state index contributed by atoms with van der Waals surface area (Å²) in [5.41, 5.74) is 2.68. The molecule has 1 amide bonds. The Balaban J connectivity index is 1.97. The van der Waals surface area contributed by atoms with Gasteiger partial charge in [-0.2, -0.15) is 0 Å². The summed E-state index contributed by atoms with van der Waals surface area (Å²) in [6, 6.07) is 7.49. The highest BCUT2D eigenvalue weighted by Gasteiger charge is 2.10. The first-order valence-corrected chi connectivity index (χ1v) is 7.85. The molecule has 2 aromatic rings. The van der Waals surface area contributed by atoms with Gasteiger partial charge in [-0.1, -0.05) is 0 Å². The molecule has 0 saturated heterocycles. The fourth-order valence-electron chi connectivity index (χ4n) is 1.68. The first-order valence-electron chi connectivity index (χ1n) is 6.26. The molecule has 0 fully saturated rings. The highest BCUT2D eigenvalue weighted by atomic mass is 79.9. The average molecular weight is 414 g/mol. The van der Waals surface area contributed by atoms with Crippen LogP contribution in [0.15, 0.2) is 39.4 Å². The maximum absolute atomic E-state index is 11.9. The number of halogens is 2. The van der Waals surface area contributed by atoms with Crippen LogP contribution in [0.5, 0.6) is 5.75 Å². The second-order valence-electron chi connectivity index (χ2n) is 4.58. The fourth-order valence-corrected chi connectivity index (χ4v) is 3.30. The number of rotatable bonds is 4. The summed E-state index contributed by atoms with van der Waals surface area (Å²) >= 11 is 6.87. The first-order chi connectivity index (χ1) is 9.95. The maximum atomic E-state index is 11.9. The number of nitrogens with one attached hydrogen (secondary N) is 1. The van der Waals surface area contributed by atoms with Crippen LogP contribution in [0.25, 0.3) is 0 Å². The number of pyridine rings is 1. The standard InChI is InChI=1S/C15H14Br2N2O2/c1-9-5-12(16)15(13(17)6-9)19-14(20)8-21-11-4-3-10(2)18-7-11/h3-7H,8H2,1-2H3,(H,19,20). The van der Waals surface area contributed by atoms with Crippen molar-refractivity contribution in [2.45, 2.75) is 13.8 Å². The van der Waals surface area contributed by atoms with Gasteiger partial charge in [-0.15, -0.1) is 0 Å². The summed E-state index contributed by atoms with van der Waals surface area (Å²) in [6.45, 7) is 3.80. The molecule has 1 aromatic heterocycles. The van der Waals surface area contributed by atoms with E-state index in [1.54, 1.807) is 12.3 Å². The van der Waals surface area contributed by atoms with E-state index >= 15 is 0 Å². The Morgan fingerprint density at radius 1 is 1.24 bits per heavy atom. The van der Waals surface area contributed by atoms with E-state index in [9.17, 15) is 4.79 Å². The maximum Gasteiger partial charge on any atom is 0.262 e. The Bertz CT molecular complexity index is 634. The normalized spacial score (nSPS) is 10.3. The van der Waals surface area contributed by atoms with E-state index in [-0.39, 0.29) is 12.5 Å². The molecule has 0 unspecified atom stereocenters. The predicted octanol–water partition coefficient (Wildman–Crippen LogP) is 4.24. The zero-order valence-corrected chi connectivity index (χ0v) is 14.8. The highest BCUT2D eigenvalue weighted by molar-refractivity contribution is 9.11. The Kier molecular flexibility index (Phi) is 5.36. The lowest BCUT2D eigenvalue weighted by molar-refractivity contribution is -0.118. The van der Waals surface area contributed by atoms with Crippen molar-refractivity contribution >= 4 is 43.5 Å². The Morgan fingerprint density at radius 3 is 2.48 bits per heavy atom. The molecule has 0 bridgehead atoms. The first kappa shape index (κ1) is 16.0. The minimum atomic E-state index is -0.235. The predicted molar refractivity (Wildman–Crippen MR) is 89.7 cm³/mol. The van der Waals surface area contributed by atoms with Gasteiger partial charge in [0, 0.05) is 14.6 Å². The van der Waals surface area contributed by atoms with Crippen molar-refractivity contribution in [3.63, 3.8) is 0 Å². The lowest BCUT2D eigenvalue weighted by Crippen LogP contribution is -2.20. The zero-order chi connectivity index (χ0) is 15.4. The van der Waals surface area contributed by atoms with Gasteiger partial charge in [-0.3, -0.25) is 9.78 Å². The number of hydrogen-bond acceptors (Lipinski definition) is 3. The number of ether oxygens (including phenoxy) is 1. The average Bonchev–Trinajstić information content (AvgIpc) is 2.42. The second kappa shape index (κ2) is 7.04. The third kappa shape index (κ3) is 4.54. The van der Waals surface area contributed by atoms with Crippen LogP contribution < -0.4 is 10.1 Å². The van der Waals surface area contributed by atoms with Crippen molar-refractivity contribution in [2.75, 3.05) is 11.9 Å². The molecule has 0 saturated carbocycles. The summed E-state index contributed by atoms with van der Waals surface area (Å²) in [7, 11) is 0. The minimum Gasteiger partial charge on any atom is -0.482 e. The quantitative estimate of drug-likeness (QED) is 0.815. The van der Waals surface area contributed by atoms with Gasteiger partial charge in [0.05, 0.1) is 11.9 Å². The van der Waals surface area contributed by atoms with Crippen molar-refractivity contribution in [3.8, 4) is 5.75 Å². The summed E-state index contributed by atoms with van der Waals surface area (Å²) in [5, 5.41) is 2.81. The Labute approximate surface area is 140 Å². The monoisotopic (exact) mass is 412 g/mol. The lowest BCUT2D eigenvalue weighted by Gasteiger charge is -2.11. The molecular weight excluding hydrogens is 400 g/mol. The Hall–Kier alpha value is -1.40. The van der Waals surface area contributed by atoms with Crippen LogP contribution in [0.3, 0.4) is 0 Å². The van der Waals surface area contributed by atoms with Crippen molar-refractivity contribution in [3.05, 3.63) is 50.7 Å². The number of nitrogens with zero attached hydrogens (tertiary/aromatic N) is 1. The summed E-state index contributed by atoms with van der Waals surface area (Å²) < 4.78 is 7.03. The van der Waals surface area contributed by atoms with Gasteiger partial charge in [0.1, 0.15) is 5.75 Å². The number of carbonyl (C=O) groups excluding carboxylic acids is 1. The van der Waals surface area contributed by atoms with Crippen LogP contribution in [-0.4, -0.2) is 17.5 Å². The SMILES string of the molecule is Cc1cc(Br)c(NC(=O)COc2ccc(C)nc2)c(Br)c1. The zero-order valence-electron chi connectivity index (χ0n) is 11.6. The van der Waals surface area contributed by atoms with Gasteiger partial charge in [0.25, 0.3) is 5.91 Å². The van der Waals surface area contributed by atoms with E-state index in [2.05, 4.69) is 42.2 Å². The molecule has 1 N–H and O–H groups in total. The van der Waals surface area contributed by atoms with E-state index in [1.807, 2.05) is 32.0 Å². The molecule has 0 aliphatic heterocycles. The number of aryl methyl sites for hydroxylation is 2. The van der Waals surface area contributed by atoms with Gasteiger partial charge in [-0.05, 0) is 75.5 Å². The number of aromatic nitrogens is 1. The number of hydrogen-bond donors (Lipinski definition) is 1. The van der Waals surface area contributed by atoms with Crippen LogP contribution in [0, 0.1) is 13.8 Å². The molecule has 110 valence electrons. The van der Waals surface area contributed by atoms with E-state index < -0.39 is 0 Å². The molecule has 1 aromatic carbocycles. The Morgan fingerprint density at radius 2 is 1.90 bits per heavy atom. The van der Waals surface area contributed by atoms with E-state index in [1.165, 1.54) is 0 Å². The molecule has 0 aliphatic rings.